The van der Waals surface area contributed by atoms with Crippen LogP contribution in [0.25, 0.3) is 16.9 Å². The summed E-state index contributed by atoms with van der Waals surface area (Å²) in [5.41, 5.74) is 3.69. The number of ether oxygens (including phenoxy) is 1. The molecule has 0 N–H and O–H groups in total. The van der Waals surface area contributed by atoms with Gasteiger partial charge in [-0.3, -0.25) is 0 Å². The van der Waals surface area contributed by atoms with Crippen molar-refractivity contribution in [2.24, 2.45) is 0 Å². The summed E-state index contributed by atoms with van der Waals surface area (Å²) in [6.07, 6.45) is 2.61. The van der Waals surface area contributed by atoms with Crippen molar-refractivity contribution in [1.29, 1.82) is 0 Å². The summed E-state index contributed by atoms with van der Waals surface area (Å²) in [4.78, 5) is 4.56. The zero-order valence-corrected chi connectivity index (χ0v) is 12.1. The van der Waals surface area contributed by atoms with Crippen molar-refractivity contribution in [2.45, 2.75) is 13.3 Å². The Morgan fingerprint density at radius 2 is 2.10 bits per heavy atom. The predicted molar refractivity (Wildman–Crippen MR) is 79.4 cm³/mol. The van der Waals surface area contributed by atoms with E-state index in [1.807, 2.05) is 24.3 Å². The van der Waals surface area contributed by atoms with E-state index < -0.39 is 0 Å². The maximum absolute atomic E-state index is 6.21. The lowest BCUT2D eigenvalue weighted by Gasteiger charge is -2.09. The summed E-state index contributed by atoms with van der Waals surface area (Å²) in [7, 11) is 1.68. The van der Waals surface area contributed by atoms with E-state index >= 15 is 0 Å². The molecule has 20 heavy (non-hydrogen) atoms. The van der Waals surface area contributed by atoms with Crippen molar-refractivity contribution >= 4 is 17.2 Å². The van der Waals surface area contributed by atoms with Crippen molar-refractivity contribution in [3.05, 3.63) is 47.2 Å². The first kappa shape index (κ1) is 12.9. The molecule has 5 heteroatoms. The minimum Gasteiger partial charge on any atom is -0.496 e. The number of nitrogens with zero attached hydrogens (tertiary/aromatic N) is 3. The number of hydrogen-bond acceptors (Lipinski definition) is 3. The van der Waals surface area contributed by atoms with E-state index in [1.54, 1.807) is 17.8 Å². The van der Waals surface area contributed by atoms with Gasteiger partial charge in [-0.1, -0.05) is 30.7 Å². The molecule has 0 amide bonds. The van der Waals surface area contributed by atoms with Gasteiger partial charge in [-0.05, 0) is 18.1 Å². The standard InChI is InChI=1S/C15H14ClN3O/c1-3-10-4-5-11(8-13(10)20-2)12-9-14(16)19-15(18-12)6-7-17-19/h4-9H,3H2,1-2H3. The monoisotopic (exact) mass is 287 g/mol. The molecule has 0 aliphatic rings. The topological polar surface area (TPSA) is 39.4 Å². The van der Waals surface area contributed by atoms with Gasteiger partial charge >= 0.3 is 0 Å². The van der Waals surface area contributed by atoms with E-state index in [9.17, 15) is 0 Å². The fourth-order valence-electron chi connectivity index (χ4n) is 2.22. The fourth-order valence-corrected chi connectivity index (χ4v) is 2.45. The molecule has 0 radical (unpaired) electrons. The highest BCUT2D eigenvalue weighted by Gasteiger charge is 2.09. The Morgan fingerprint density at radius 1 is 1.25 bits per heavy atom. The van der Waals surface area contributed by atoms with E-state index in [2.05, 4.69) is 23.1 Å². The number of fused-ring (bicyclic) bond motifs is 1. The molecule has 3 aromatic rings. The molecule has 2 heterocycles. The molecule has 2 aromatic heterocycles. The molecule has 0 saturated heterocycles. The molecule has 1 aromatic carbocycles. The van der Waals surface area contributed by atoms with Gasteiger partial charge in [-0.2, -0.15) is 5.10 Å². The second-order valence-corrected chi connectivity index (χ2v) is 4.83. The Hall–Kier alpha value is -2.07. The molecule has 0 fully saturated rings. The third kappa shape index (κ3) is 2.12. The van der Waals surface area contributed by atoms with E-state index in [-0.39, 0.29) is 0 Å². The van der Waals surface area contributed by atoms with Crippen molar-refractivity contribution in [1.82, 2.24) is 14.6 Å². The Balaban J connectivity index is 2.14. The zero-order chi connectivity index (χ0) is 14.1. The maximum atomic E-state index is 6.21. The summed E-state index contributed by atoms with van der Waals surface area (Å²) in [5.74, 6) is 0.872. The average molecular weight is 288 g/mol. The normalized spacial score (nSPS) is 10.9. The largest absolute Gasteiger partial charge is 0.496 e. The van der Waals surface area contributed by atoms with Crippen LogP contribution in [0.1, 0.15) is 12.5 Å². The predicted octanol–water partition coefficient (Wildman–Crippen LogP) is 3.62. The van der Waals surface area contributed by atoms with Crippen molar-refractivity contribution in [2.75, 3.05) is 7.11 Å². The van der Waals surface area contributed by atoms with Crippen LogP contribution in [0.2, 0.25) is 5.15 Å². The minimum atomic E-state index is 0.536. The van der Waals surface area contributed by atoms with Gasteiger partial charge in [-0.15, -0.1) is 0 Å². The van der Waals surface area contributed by atoms with Crippen LogP contribution >= 0.6 is 11.6 Å². The number of methoxy groups -OCH3 is 1. The Labute approximate surface area is 122 Å². The Bertz CT molecular complexity index is 767. The minimum absolute atomic E-state index is 0.536. The third-order valence-corrected chi connectivity index (χ3v) is 3.55. The van der Waals surface area contributed by atoms with Gasteiger partial charge in [-0.25, -0.2) is 9.50 Å². The van der Waals surface area contributed by atoms with E-state index in [0.717, 1.165) is 29.1 Å². The molecule has 0 atom stereocenters. The van der Waals surface area contributed by atoms with Crippen LogP contribution in [0.4, 0.5) is 0 Å². The second kappa shape index (κ2) is 5.13. The first-order valence-electron chi connectivity index (χ1n) is 6.40. The van der Waals surface area contributed by atoms with E-state index in [0.29, 0.717) is 5.15 Å². The van der Waals surface area contributed by atoms with Crippen molar-refractivity contribution in [3.63, 3.8) is 0 Å². The Kier molecular flexibility index (Phi) is 3.32. The molecular weight excluding hydrogens is 274 g/mol. The number of aromatic nitrogens is 3. The first-order chi connectivity index (χ1) is 9.72. The first-order valence-corrected chi connectivity index (χ1v) is 6.78. The van der Waals surface area contributed by atoms with Gasteiger partial charge < -0.3 is 4.74 Å². The molecule has 3 rings (SSSR count). The lowest BCUT2D eigenvalue weighted by molar-refractivity contribution is 0.410. The molecule has 4 nitrogen and oxygen atoms in total. The molecule has 0 saturated carbocycles. The Morgan fingerprint density at radius 3 is 2.85 bits per heavy atom. The summed E-state index contributed by atoms with van der Waals surface area (Å²) in [6.45, 7) is 2.10. The van der Waals surface area contributed by atoms with Gasteiger partial charge in [0, 0.05) is 17.7 Å². The molecule has 0 aliphatic carbocycles. The van der Waals surface area contributed by atoms with Gasteiger partial charge in [0.1, 0.15) is 10.9 Å². The number of halogens is 1. The quantitative estimate of drug-likeness (QED) is 0.691. The summed E-state index contributed by atoms with van der Waals surface area (Å²) >= 11 is 6.21. The van der Waals surface area contributed by atoms with Crippen LogP contribution in [0.15, 0.2) is 36.5 Å². The number of aryl methyl sites for hydroxylation is 1. The maximum Gasteiger partial charge on any atom is 0.157 e. The SMILES string of the molecule is CCc1ccc(-c2cc(Cl)n3nccc3n2)cc1OC. The summed E-state index contributed by atoms with van der Waals surface area (Å²) < 4.78 is 7.02. The van der Waals surface area contributed by atoms with Gasteiger partial charge in [0.05, 0.1) is 19.0 Å². The number of hydrogen-bond donors (Lipinski definition) is 0. The lowest BCUT2D eigenvalue weighted by Crippen LogP contribution is -1.96. The summed E-state index contributed by atoms with van der Waals surface area (Å²) in [5, 5.41) is 4.65. The molecule has 0 aliphatic heterocycles. The summed E-state index contributed by atoms with van der Waals surface area (Å²) in [6, 6.07) is 9.72. The zero-order valence-electron chi connectivity index (χ0n) is 11.3. The van der Waals surface area contributed by atoms with Gasteiger partial charge in [0.2, 0.25) is 0 Å². The van der Waals surface area contributed by atoms with Gasteiger partial charge in [0.25, 0.3) is 0 Å². The highest BCUT2D eigenvalue weighted by atomic mass is 35.5. The highest BCUT2D eigenvalue weighted by molar-refractivity contribution is 6.30. The molecule has 0 bridgehead atoms. The molecule has 102 valence electrons. The number of rotatable bonds is 3. The lowest BCUT2D eigenvalue weighted by atomic mass is 10.1. The van der Waals surface area contributed by atoms with E-state index in [4.69, 9.17) is 16.3 Å². The van der Waals surface area contributed by atoms with Crippen LogP contribution < -0.4 is 4.74 Å². The van der Waals surface area contributed by atoms with Crippen LogP contribution in [0.5, 0.6) is 5.75 Å². The molecule has 0 spiro atoms. The average Bonchev–Trinajstić information content (AvgIpc) is 2.95. The fraction of sp³-hybridized carbons (Fsp3) is 0.200. The van der Waals surface area contributed by atoms with Crippen molar-refractivity contribution in [3.8, 4) is 17.0 Å². The van der Waals surface area contributed by atoms with Crippen LogP contribution in [-0.2, 0) is 6.42 Å². The molecular formula is C15H14ClN3O. The highest BCUT2D eigenvalue weighted by Crippen LogP contribution is 2.28. The third-order valence-electron chi connectivity index (χ3n) is 3.28. The number of benzene rings is 1. The smallest absolute Gasteiger partial charge is 0.157 e. The van der Waals surface area contributed by atoms with Gasteiger partial charge in [0.15, 0.2) is 5.65 Å². The van der Waals surface area contributed by atoms with E-state index in [1.165, 1.54) is 5.56 Å². The second-order valence-electron chi connectivity index (χ2n) is 4.45. The molecule has 0 unspecified atom stereocenters. The van der Waals surface area contributed by atoms with Crippen LogP contribution in [0, 0.1) is 0 Å². The van der Waals surface area contributed by atoms with Crippen molar-refractivity contribution < 1.29 is 4.74 Å². The van der Waals surface area contributed by atoms with Crippen LogP contribution in [0.3, 0.4) is 0 Å². The van der Waals surface area contributed by atoms with Crippen LogP contribution in [-0.4, -0.2) is 21.7 Å².